The van der Waals surface area contributed by atoms with Crippen LogP contribution < -0.4 is 5.73 Å². The number of hydrogen-bond acceptors (Lipinski definition) is 5. The zero-order valence-electron chi connectivity index (χ0n) is 20.5. The number of benzene rings is 3. The normalized spacial score (nSPS) is 15.9. The maximum atomic E-state index is 13.8. The van der Waals surface area contributed by atoms with E-state index in [0.717, 1.165) is 33.9 Å². The van der Waals surface area contributed by atoms with Crippen molar-refractivity contribution >= 4 is 11.6 Å². The lowest BCUT2D eigenvalue weighted by molar-refractivity contribution is -0.136. The van der Waals surface area contributed by atoms with E-state index >= 15 is 0 Å². The van der Waals surface area contributed by atoms with Gasteiger partial charge in [-0.2, -0.15) is 0 Å². The molecule has 3 aromatic carbocycles. The fourth-order valence-corrected chi connectivity index (χ4v) is 5.00. The molecule has 2 unspecified atom stereocenters. The number of nitrogens with zero attached hydrogens (tertiary/aromatic N) is 4. The van der Waals surface area contributed by atoms with Crippen molar-refractivity contribution in [2.24, 2.45) is 18.0 Å². The van der Waals surface area contributed by atoms with Crippen molar-refractivity contribution in [1.29, 1.82) is 0 Å². The summed E-state index contributed by atoms with van der Waals surface area (Å²) in [6.07, 6.45) is 1.05. The first-order valence-corrected chi connectivity index (χ1v) is 12.1. The third-order valence-corrected chi connectivity index (χ3v) is 7.11. The molecule has 7 heteroatoms. The van der Waals surface area contributed by atoms with Gasteiger partial charge < -0.3 is 15.2 Å². The molecule has 0 radical (unpaired) electrons. The molecular weight excluding hydrogens is 450 g/mol. The van der Waals surface area contributed by atoms with Crippen molar-refractivity contribution in [2.45, 2.75) is 38.4 Å². The van der Waals surface area contributed by atoms with Crippen LogP contribution in [0.15, 0.2) is 84.0 Å². The highest BCUT2D eigenvalue weighted by Gasteiger charge is 2.36. The van der Waals surface area contributed by atoms with E-state index in [-0.39, 0.29) is 11.9 Å². The van der Waals surface area contributed by atoms with Gasteiger partial charge in [0.2, 0.25) is 5.91 Å². The molecule has 5 rings (SSSR count). The Balaban J connectivity index is 1.49. The van der Waals surface area contributed by atoms with Gasteiger partial charge in [0.15, 0.2) is 0 Å². The second-order valence-corrected chi connectivity index (χ2v) is 9.35. The molecule has 4 aromatic rings. The first kappa shape index (κ1) is 23.6. The van der Waals surface area contributed by atoms with Crippen molar-refractivity contribution < 1.29 is 4.79 Å². The van der Waals surface area contributed by atoms with Gasteiger partial charge in [-0.25, -0.2) is 4.98 Å². The number of hydrogen-bond donors (Lipinski definition) is 1. The van der Waals surface area contributed by atoms with Gasteiger partial charge in [-0.05, 0) is 47.3 Å². The molecule has 1 amide bonds. The summed E-state index contributed by atoms with van der Waals surface area (Å²) in [6.45, 7) is 2.54. The van der Waals surface area contributed by atoms with Crippen LogP contribution in [0.25, 0.3) is 11.3 Å². The highest BCUT2D eigenvalue weighted by atomic mass is 16.3. The zero-order valence-corrected chi connectivity index (χ0v) is 20.5. The third kappa shape index (κ3) is 4.45. The number of carbonyl (C=O) groups excluding carboxylic acids is 1. The monoisotopic (exact) mass is 479 g/mol. The highest BCUT2D eigenvalue weighted by molar-refractivity contribution is 5.83. The van der Waals surface area contributed by atoms with Crippen LogP contribution in [0.3, 0.4) is 0 Å². The van der Waals surface area contributed by atoms with Gasteiger partial charge >= 0.3 is 0 Å². The van der Waals surface area contributed by atoms with Gasteiger partial charge in [0.1, 0.15) is 11.5 Å². The van der Waals surface area contributed by atoms with Gasteiger partial charge in [-0.3, -0.25) is 4.79 Å². The molecule has 1 aromatic heterocycles. The quantitative estimate of drug-likeness (QED) is 0.394. The van der Waals surface area contributed by atoms with Crippen molar-refractivity contribution in [3.63, 3.8) is 0 Å². The molecule has 2 heterocycles. The summed E-state index contributed by atoms with van der Waals surface area (Å²) in [5, 5.41) is 2.94. The van der Waals surface area contributed by atoms with E-state index < -0.39 is 6.04 Å². The van der Waals surface area contributed by atoms with Crippen LogP contribution >= 0.6 is 0 Å². The highest BCUT2D eigenvalue weighted by Crippen LogP contribution is 2.35. The van der Waals surface area contributed by atoms with E-state index in [1.165, 1.54) is 5.56 Å². The van der Waals surface area contributed by atoms with E-state index in [4.69, 9.17) is 10.7 Å². The summed E-state index contributed by atoms with van der Waals surface area (Å²) >= 11 is 0. The number of nitrogens with two attached hydrogens (primary N) is 1. The third-order valence-electron chi connectivity index (χ3n) is 7.11. The van der Waals surface area contributed by atoms with Crippen LogP contribution in [0.2, 0.25) is 0 Å². The van der Waals surface area contributed by atoms with Crippen LogP contribution in [0.4, 0.5) is 5.69 Å². The summed E-state index contributed by atoms with van der Waals surface area (Å²) in [5.41, 5.74) is 13.1. The fraction of sp³-hybridized carbons (Fsp3) is 0.241. The minimum absolute atomic E-state index is 0.117. The molecule has 0 saturated heterocycles. The molecule has 1 aliphatic heterocycles. The van der Waals surface area contributed by atoms with E-state index in [1.807, 2.05) is 42.3 Å². The molecule has 2 atom stereocenters. The molecule has 1 aliphatic rings. The lowest BCUT2D eigenvalue weighted by Crippen LogP contribution is -2.48. The van der Waals surface area contributed by atoms with Crippen LogP contribution in [0.5, 0.6) is 0 Å². The fourth-order valence-electron chi connectivity index (χ4n) is 5.00. The largest absolute Gasteiger partial charge is 0.333 e. The van der Waals surface area contributed by atoms with E-state index in [0.29, 0.717) is 25.1 Å². The van der Waals surface area contributed by atoms with Gasteiger partial charge in [0, 0.05) is 31.3 Å². The standard InChI is InChI=1S/C29H29N5O2/c1-19-27(21-8-4-3-5-9-21)31-28(33(19)2)26-17-22-10-6-7-11-23(22)18-34(26)29(35)25(30)16-20-12-14-24(32-36)15-13-20/h3-15,25-26H,16-18,30H2,1-2H3. The number of nitroso groups, excluding NO2 is 1. The summed E-state index contributed by atoms with van der Waals surface area (Å²) in [5.74, 6) is 0.733. The smallest absolute Gasteiger partial charge is 0.240 e. The molecule has 2 N–H and O–H groups in total. The number of fused-ring (bicyclic) bond motifs is 1. The molecule has 0 saturated carbocycles. The first-order valence-electron chi connectivity index (χ1n) is 12.1. The minimum Gasteiger partial charge on any atom is -0.333 e. The number of aromatic nitrogens is 2. The van der Waals surface area contributed by atoms with Crippen LogP contribution in [-0.2, 0) is 31.2 Å². The average molecular weight is 480 g/mol. The van der Waals surface area contributed by atoms with Crippen molar-refractivity contribution in [2.75, 3.05) is 0 Å². The molecule has 0 aliphatic carbocycles. The number of amides is 1. The number of rotatable bonds is 6. The topological polar surface area (TPSA) is 93.6 Å². The predicted molar refractivity (Wildman–Crippen MR) is 140 cm³/mol. The Bertz CT molecular complexity index is 1400. The van der Waals surface area contributed by atoms with Gasteiger partial charge in [-0.15, -0.1) is 4.91 Å². The Hall–Kier alpha value is -4.10. The molecule has 0 bridgehead atoms. The Morgan fingerprint density at radius 2 is 1.69 bits per heavy atom. The van der Waals surface area contributed by atoms with Crippen LogP contribution in [-0.4, -0.2) is 26.4 Å². The second kappa shape index (κ2) is 9.87. The summed E-state index contributed by atoms with van der Waals surface area (Å²) in [4.78, 5) is 31.5. The summed E-state index contributed by atoms with van der Waals surface area (Å²) < 4.78 is 2.10. The Morgan fingerprint density at radius 3 is 2.39 bits per heavy atom. The van der Waals surface area contributed by atoms with Gasteiger partial charge in [-0.1, -0.05) is 66.7 Å². The maximum absolute atomic E-state index is 13.8. The lowest BCUT2D eigenvalue weighted by Gasteiger charge is -2.38. The summed E-state index contributed by atoms with van der Waals surface area (Å²) in [6, 6.07) is 24.3. The molecule has 7 nitrogen and oxygen atoms in total. The predicted octanol–water partition coefficient (Wildman–Crippen LogP) is 4.99. The Kier molecular flexibility index (Phi) is 6.48. The maximum Gasteiger partial charge on any atom is 0.240 e. The SMILES string of the molecule is Cc1c(-c2ccccc2)nc(C2Cc3ccccc3CN2C(=O)C(N)Cc2ccc(N=O)cc2)n1C. The van der Waals surface area contributed by atoms with Gasteiger partial charge in [0.25, 0.3) is 0 Å². The Labute approximate surface area is 210 Å². The molecule has 182 valence electrons. The minimum atomic E-state index is -0.720. The second-order valence-electron chi connectivity index (χ2n) is 9.35. The number of imidazole rings is 1. The first-order chi connectivity index (χ1) is 17.5. The molecular formula is C29H29N5O2. The van der Waals surface area contributed by atoms with Crippen molar-refractivity contribution in [3.05, 3.63) is 112 Å². The van der Waals surface area contributed by atoms with Crippen molar-refractivity contribution in [1.82, 2.24) is 14.5 Å². The van der Waals surface area contributed by atoms with Gasteiger partial charge in [0.05, 0.1) is 17.8 Å². The van der Waals surface area contributed by atoms with E-state index in [2.05, 4.69) is 40.9 Å². The van der Waals surface area contributed by atoms with Crippen LogP contribution in [0, 0.1) is 11.8 Å². The molecule has 0 spiro atoms. The van der Waals surface area contributed by atoms with Crippen molar-refractivity contribution in [3.8, 4) is 11.3 Å². The average Bonchev–Trinajstić information content (AvgIpc) is 3.22. The zero-order chi connectivity index (χ0) is 25.2. The van der Waals surface area contributed by atoms with E-state index in [9.17, 15) is 9.70 Å². The summed E-state index contributed by atoms with van der Waals surface area (Å²) in [7, 11) is 2.01. The van der Waals surface area contributed by atoms with Crippen LogP contribution in [0.1, 0.15) is 34.3 Å². The molecule has 36 heavy (non-hydrogen) atoms. The lowest BCUT2D eigenvalue weighted by atomic mass is 9.92. The Morgan fingerprint density at radius 1 is 1.03 bits per heavy atom. The van der Waals surface area contributed by atoms with E-state index in [1.54, 1.807) is 24.3 Å². The molecule has 0 fully saturated rings. The number of carbonyl (C=O) groups is 1.